The highest BCUT2D eigenvalue weighted by Crippen LogP contribution is 2.08. The van der Waals surface area contributed by atoms with Crippen molar-refractivity contribution in [1.29, 1.82) is 0 Å². The Kier molecular flexibility index (Phi) is 4.94. The van der Waals surface area contributed by atoms with Crippen molar-refractivity contribution in [3.63, 3.8) is 0 Å². The van der Waals surface area contributed by atoms with Crippen LogP contribution in [0.25, 0.3) is 0 Å². The van der Waals surface area contributed by atoms with Gasteiger partial charge in [0.1, 0.15) is 11.2 Å². The largest absolute Gasteiger partial charge is 0.341 e. The smallest absolute Gasteiger partial charge is 0.314 e. The fourth-order valence-corrected chi connectivity index (χ4v) is 2.48. The van der Waals surface area contributed by atoms with E-state index in [4.69, 9.17) is 4.52 Å². The number of carbonyl (C=O) groups is 1. The van der Waals surface area contributed by atoms with Crippen LogP contribution in [-0.2, 0) is 0 Å². The van der Waals surface area contributed by atoms with E-state index in [2.05, 4.69) is 40.6 Å². The number of benzene rings is 1. The Labute approximate surface area is 154 Å². The highest BCUT2D eigenvalue weighted by molar-refractivity contribution is 7.09. The molecule has 138 valence electrons. The van der Waals surface area contributed by atoms with Crippen molar-refractivity contribution in [2.75, 3.05) is 10.9 Å². The Morgan fingerprint density at radius 1 is 1.11 bits per heavy atom. The fourth-order valence-electron chi connectivity index (χ4n) is 1.96. The molecular formula is C14H12N8O4S. The van der Waals surface area contributed by atoms with Crippen LogP contribution < -0.4 is 32.4 Å². The van der Waals surface area contributed by atoms with Gasteiger partial charge in [0.05, 0.1) is 5.56 Å². The van der Waals surface area contributed by atoms with Gasteiger partial charge in [-0.05, 0) is 26.8 Å². The molecule has 0 amide bonds. The summed E-state index contributed by atoms with van der Waals surface area (Å²) < 4.78 is 8.77. The van der Waals surface area contributed by atoms with E-state index in [0.29, 0.717) is 11.6 Å². The minimum absolute atomic E-state index is 0.0524. The number of nitrogens with zero attached hydrogens (tertiary/aromatic N) is 6. The molecule has 0 bridgehead atoms. The molecule has 0 spiro atoms. The SMILES string of the molecule is CC(=O)c1c/c(=N\Nc2nc(C)no2)c(=O)/c(=N/Nc2nc(C)ns2)c1=O. The van der Waals surface area contributed by atoms with E-state index >= 15 is 0 Å². The molecule has 0 radical (unpaired) electrons. The maximum atomic E-state index is 12.5. The minimum atomic E-state index is -0.811. The van der Waals surface area contributed by atoms with Crippen molar-refractivity contribution in [3.8, 4) is 0 Å². The molecule has 0 saturated carbocycles. The van der Waals surface area contributed by atoms with E-state index in [-0.39, 0.29) is 22.1 Å². The van der Waals surface area contributed by atoms with Gasteiger partial charge in [-0.15, -0.1) is 0 Å². The van der Waals surface area contributed by atoms with Crippen LogP contribution in [0.15, 0.2) is 30.4 Å². The summed E-state index contributed by atoms with van der Waals surface area (Å²) in [4.78, 5) is 44.6. The van der Waals surface area contributed by atoms with Crippen molar-refractivity contribution in [2.24, 2.45) is 10.2 Å². The van der Waals surface area contributed by atoms with Crippen LogP contribution >= 0.6 is 11.5 Å². The predicted molar refractivity (Wildman–Crippen MR) is 93.4 cm³/mol. The summed E-state index contributed by atoms with van der Waals surface area (Å²) in [6, 6.07) is 1.03. The van der Waals surface area contributed by atoms with Crippen LogP contribution in [0.5, 0.6) is 0 Å². The topological polar surface area (TPSA) is 165 Å². The van der Waals surface area contributed by atoms with Gasteiger partial charge in [0.2, 0.25) is 16.0 Å². The second kappa shape index (κ2) is 7.33. The van der Waals surface area contributed by atoms with Gasteiger partial charge < -0.3 is 4.52 Å². The van der Waals surface area contributed by atoms with E-state index in [9.17, 15) is 14.4 Å². The summed E-state index contributed by atoms with van der Waals surface area (Å²) in [7, 11) is 0. The molecule has 0 saturated heterocycles. The monoisotopic (exact) mass is 388 g/mol. The summed E-state index contributed by atoms with van der Waals surface area (Å²) in [5.74, 6) is 0.338. The molecule has 3 aromatic rings. The first kappa shape index (κ1) is 18.2. The first-order valence-electron chi connectivity index (χ1n) is 7.45. The Hall–Kier alpha value is -3.61. The van der Waals surface area contributed by atoms with Crippen molar-refractivity contribution in [2.45, 2.75) is 20.8 Å². The van der Waals surface area contributed by atoms with Crippen LogP contribution in [0.1, 0.15) is 28.9 Å². The summed E-state index contributed by atoms with van der Waals surface area (Å²) in [6.45, 7) is 4.48. The molecular weight excluding hydrogens is 376 g/mol. The normalized spacial score (nSPS) is 12.4. The Morgan fingerprint density at radius 3 is 2.48 bits per heavy atom. The van der Waals surface area contributed by atoms with E-state index in [0.717, 1.165) is 17.6 Å². The van der Waals surface area contributed by atoms with Gasteiger partial charge in [-0.25, -0.2) is 10.4 Å². The Morgan fingerprint density at radius 2 is 1.89 bits per heavy atom. The average molecular weight is 388 g/mol. The van der Waals surface area contributed by atoms with E-state index < -0.39 is 22.0 Å². The van der Waals surface area contributed by atoms with Crippen LogP contribution in [-0.4, -0.2) is 25.3 Å². The van der Waals surface area contributed by atoms with Gasteiger partial charge in [-0.1, -0.05) is 5.16 Å². The summed E-state index contributed by atoms with van der Waals surface area (Å²) in [5, 5.41) is 10.8. The van der Waals surface area contributed by atoms with Crippen molar-refractivity contribution in [3.05, 3.63) is 54.4 Å². The lowest BCUT2D eigenvalue weighted by Gasteiger charge is -1.96. The number of anilines is 2. The Balaban J connectivity index is 2.11. The molecule has 2 aromatic heterocycles. The number of ketones is 1. The zero-order valence-electron chi connectivity index (χ0n) is 14.3. The van der Waals surface area contributed by atoms with Crippen LogP contribution in [0.2, 0.25) is 0 Å². The molecule has 2 N–H and O–H groups in total. The van der Waals surface area contributed by atoms with E-state index in [1.54, 1.807) is 13.8 Å². The van der Waals surface area contributed by atoms with Gasteiger partial charge in [-0.2, -0.15) is 19.6 Å². The number of carbonyl (C=O) groups excluding carboxylic acids is 1. The number of Topliss-reactive ketones (excluding diaryl/α,β-unsaturated/α-hetero) is 1. The molecule has 0 aliphatic carbocycles. The zero-order chi connectivity index (χ0) is 19.6. The van der Waals surface area contributed by atoms with E-state index in [1.165, 1.54) is 6.92 Å². The van der Waals surface area contributed by atoms with E-state index in [1.807, 2.05) is 0 Å². The Bertz CT molecular complexity index is 1240. The average Bonchev–Trinajstić information content (AvgIpc) is 3.22. The molecule has 1 aromatic carbocycles. The molecule has 0 unspecified atom stereocenters. The molecule has 2 heterocycles. The molecule has 3 rings (SSSR count). The number of rotatable bonds is 5. The number of aryl methyl sites for hydroxylation is 2. The molecule has 0 aliphatic heterocycles. The molecule has 12 nitrogen and oxygen atoms in total. The first-order valence-corrected chi connectivity index (χ1v) is 8.22. The van der Waals surface area contributed by atoms with Crippen LogP contribution in [0.4, 0.5) is 11.1 Å². The number of aromatic nitrogens is 4. The van der Waals surface area contributed by atoms with Crippen molar-refractivity contribution < 1.29 is 9.32 Å². The zero-order valence-corrected chi connectivity index (χ0v) is 15.1. The molecule has 0 fully saturated rings. The third kappa shape index (κ3) is 3.98. The maximum absolute atomic E-state index is 12.5. The predicted octanol–water partition coefficient (Wildman–Crippen LogP) is -0.808. The summed E-state index contributed by atoms with van der Waals surface area (Å²) in [6.07, 6.45) is 0. The molecule has 13 heteroatoms. The molecule has 0 atom stereocenters. The molecule has 27 heavy (non-hydrogen) atoms. The third-order valence-corrected chi connectivity index (χ3v) is 3.87. The lowest BCUT2D eigenvalue weighted by molar-refractivity contribution is 0.101. The molecule has 0 aliphatic rings. The van der Waals surface area contributed by atoms with Gasteiger partial charge in [0, 0.05) is 11.5 Å². The third-order valence-electron chi connectivity index (χ3n) is 3.16. The minimum Gasteiger partial charge on any atom is -0.314 e. The van der Waals surface area contributed by atoms with Crippen molar-refractivity contribution >= 4 is 28.5 Å². The van der Waals surface area contributed by atoms with Gasteiger partial charge in [0.25, 0.3) is 0 Å². The lowest BCUT2D eigenvalue weighted by Crippen LogP contribution is -2.50. The second-order valence-electron chi connectivity index (χ2n) is 5.25. The lowest BCUT2D eigenvalue weighted by atomic mass is 10.1. The second-order valence-corrected chi connectivity index (χ2v) is 6.00. The maximum Gasteiger partial charge on any atom is 0.341 e. The standard InChI is InChI=1S/C14H12N8O4S/c1-5(23)8-4-9(17-19-13-15-6(2)21-26-13)12(25)10(11(8)24)18-20-14-16-7(3)22-27-14/h4H,1-3H3,(H,15,19,21)(H,16,20,22)/b17-9+,18-10+. The van der Waals surface area contributed by atoms with Gasteiger partial charge >= 0.3 is 6.01 Å². The highest BCUT2D eigenvalue weighted by Gasteiger charge is 2.13. The number of hydrogen-bond donors (Lipinski definition) is 2. The van der Waals surface area contributed by atoms with Gasteiger partial charge in [-0.3, -0.25) is 19.8 Å². The quantitative estimate of drug-likeness (QED) is 0.417. The summed E-state index contributed by atoms with van der Waals surface area (Å²) >= 11 is 1.00. The summed E-state index contributed by atoms with van der Waals surface area (Å²) in [5.41, 5.74) is 3.06. The number of hydrogen-bond acceptors (Lipinski definition) is 13. The first-order chi connectivity index (χ1) is 12.8. The van der Waals surface area contributed by atoms with Crippen LogP contribution in [0, 0.1) is 13.8 Å². The highest BCUT2D eigenvalue weighted by atomic mass is 32.1. The fraction of sp³-hybridized carbons (Fsp3) is 0.214. The van der Waals surface area contributed by atoms with Crippen molar-refractivity contribution in [1.82, 2.24) is 19.5 Å². The number of nitrogens with one attached hydrogen (secondary N) is 2. The van der Waals surface area contributed by atoms with Crippen LogP contribution in [0.3, 0.4) is 0 Å². The van der Waals surface area contributed by atoms with Gasteiger partial charge in [0.15, 0.2) is 17.0 Å².